The van der Waals surface area contributed by atoms with Gasteiger partial charge < -0.3 is 15.5 Å². The SMILES string of the molecule is NCc1ccc(C(=O)NC2CCC(C(F)(F)F)CC2)o1. The second kappa shape index (κ2) is 5.87. The molecule has 0 radical (unpaired) electrons. The van der Waals surface area contributed by atoms with E-state index in [4.69, 9.17) is 10.2 Å². The molecule has 3 N–H and O–H groups in total. The van der Waals surface area contributed by atoms with Crippen LogP contribution >= 0.6 is 0 Å². The molecule has 0 aromatic carbocycles. The minimum atomic E-state index is -4.13. The molecule has 20 heavy (non-hydrogen) atoms. The largest absolute Gasteiger partial charge is 0.455 e. The van der Waals surface area contributed by atoms with Crippen LogP contribution < -0.4 is 11.1 Å². The van der Waals surface area contributed by atoms with Crippen LogP contribution in [0.4, 0.5) is 13.2 Å². The van der Waals surface area contributed by atoms with Gasteiger partial charge in [-0.1, -0.05) is 0 Å². The van der Waals surface area contributed by atoms with Crippen molar-refractivity contribution in [2.24, 2.45) is 11.7 Å². The van der Waals surface area contributed by atoms with Crippen molar-refractivity contribution in [3.05, 3.63) is 23.7 Å². The Balaban J connectivity index is 1.85. The molecular formula is C13H17F3N2O2. The van der Waals surface area contributed by atoms with Crippen molar-refractivity contribution < 1.29 is 22.4 Å². The van der Waals surface area contributed by atoms with Gasteiger partial charge in [0.25, 0.3) is 5.91 Å². The number of carbonyl (C=O) groups is 1. The van der Waals surface area contributed by atoms with Crippen LogP contribution in [0.5, 0.6) is 0 Å². The third-order valence-electron chi connectivity index (χ3n) is 3.61. The summed E-state index contributed by atoms with van der Waals surface area (Å²) in [4.78, 5) is 11.9. The number of halogens is 3. The zero-order chi connectivity index (χ0) is 14.8. The Kier molecular flexibility index (Phi) is 4.37. The van der Waals surface area contributed by atoms with Crippen LogP contribution in [0.1, 0.15) is 42.0 Å². The summed E-state index contributed by atoms with van der Waals surface area (Å²) >= 11 is 0. The molecule has 4 nitrogen and oxygen atoms in total. The number of carbonyl (C=O) groups excluding carboxylic acids is 1. The molecule has 1 fully saturated rings. The van der Waals surface area contributed by atoms with Gasteiger partial charge in [0.2, 0.25) is 0 Å². The number of hydrogen-bond acceptors (Lipinski definition) is 3. The number of nitrogens with one attached hydrogen (secondary N) is 1. The summed E-state index contributed by atoms with van der Waals surface area (Å²) in [6, 6.07) is 2.89. The molecule has 1 aliphatic rings. The summed E-state index contributed by atoms with van der Waals surface area (Å²) in [5.74, 6) is -1.01. The molecule has 1 aliphatic carbocycles. The third-order valence-corrected chi connectivity index (χ3v) is 3.61. The number of rotatable bonds is 3. The van der Waals surface area contributed by atoms with Crippen molar-refractivity contribution in [1.29, 1.82) is 0 Å². The fourth-order valence-electron chi connectivity index (χ4n) is 2.43. The number of nitrogens with two attached hydrogens (primary N) is 1. The molecule has 1 saturated carbocycles. The van der Waals surface area contributed by atoms with Gasteiger partial charge in [0, 0.05) is 6.04 Å². The Morgan fingerprint density at radius 3 is 2.45 bits per heavy atom. The zero-order valence-electron chi connectivity index (χ0n) is 10.9. The predicted octanol–water partition coefficient (Wildman–Crippen LogP) is 2.59. The summed E-state index contributed by atoms with van der Waals surface area (Å²) in [6.45, 7) is 0.198. The standard InChI is InChI=1S/C13H17F3N2O2/c14-13(15,16)8-1-3-9(4-2-8)18-12(19)11-6-5-10(7-17)20-11/h5-6,8-9H,1-4,7,17H2,(H,18,19). The Labute approximate surface area is 114 Å². The number of furan rings is 1. The van der Waals surface area contributed by atoms with Crippen LogP contribution in [0.2, 0.25) is 0 Å². The first kappa shape index (κ1) is 14.9. The van der Waals surface area contributed by atoms with E-state index in [1.165, 1.54) is 6.07 Å². The first-order chi connectivity index (χ1) is 9.40. The van der Waals surface area contributed by atoms with Gasteiger partial charge in [0.05, 0.1) is 12.5 Å². The summed E-state index contributed by atoms with van der Waals surface area (Å²) < 4.78 is 42.8. The molecule has 1 aromatic rings. The molecule has 0 bridgehead atoms. The fourth-order valence-corrected chi connectivity index (χ4v) is 2.43. The predicted molar refractivity (Wildman–Crippen MR) is 65.9 cm³/mol. The van der Waals surface area contributed by atoms with Gasteiger partial charge in [0.15, 0.2) is 5.76 Å². The van der Waals surface area contributed by atoms with Crippen LogP contribution in [-0.4, -0.2) is 18.1 Å². The van der Waals surface area contributed by atoms with Crippen molar-refractivity contribution in [2.45, 2.75) is 44.4 Å². The van der Waals surface area contributed by atoms with Gasteiger partial charge in [-0.15, -0.1) is 0 Å². The molecule has 0 aliphatic heterocycles. The number of hydrogen-bond donors (Lipinski definition) is 2. The van der Waals surface area contributed by atoms with E-state index in [-0.39, 0.29) is 31.2 Å². The van der Waals surface area contributed by atoms with Gasteiger partial charge in [0.1, 0.15) is 5.76 Å². The van der Waals surface area contributed by atoms with Gasteiger partial charge in [-0.25, -0.2) is 0 Å². The lowest BCUT2D eigenvalue weighted by Crippen LogP contribution is -2.39. The molecule has 1 aromatic heterocycles. The fraction of sp³-hybridized carbons (Fsp3) is 0.615. The van der Waals surface area contributed by atoms with E-state index in [1.807, 2.05) is 0 Å². The molecule has 112 valence electrons. The minimum Gasteiger partial charge on any atom is -0.455 e. The second-order valence-corrected chi connectivity index (χ2v) is 5.03. The molecule has 1 amide bonds. The molecule has 0 saturated heterocycles. The van der Waals surface area contributed by atoms with Crippen LogP contribution in [0, 0.1) is 5.92 Å². The third kappa shape index (κ3) is 3.53. The quantitative estimate of drug-likeness (QED) is 0.899. The molecule has 2 rings (SSSR count). The Bertz CT molecular complexity index is 462. The highest BCUT2D eigenvalue weighted by atomic mass is 19.4. The topological polar surface area (TPSA) is 68.3 Å². The highest BCUT2D eigenvalue weighted by molar-refractivity contribution is 5.91. The first-order valence-corrected chi connectivity index (χ1v) is 6.56. The smallest absolute Gasteiger partial charge is 0.391 e. The van der Waals surface area contributed by atoms with Crippen molar-refractivity contribution >= 4 is 5.91 Å². The molecule has 7 heteroatoms. The van der Waals surface area contributed by atoms with Crippen LogP contribution in [0.3, 0.4) is 0 Å². The van der Waals surface area contributed by atoms with Crippen molar-refractivity contribution in [3.63, 3.8) is 0 Å². The lowest BCUT2D eigenvalue weighted by atomic mass is 9.85. The van der Waals surface area contributed by atoms with Crippen molar-refractivity contribution in [2.75, 3.05) is 0 Å². The first-order valence-electron chi connectivity index (χ1n) is 6.56. The summed E-state index contributed by atoms with van der Waals surface area (Å²) in [7, 11) is 0. The van der Waals surface area contributed by atoms with E-state index in [0.717, 1.165) is 0 Å². The Morgan fingerprint density at radius 1 is 1.30 bits per heavy atom. The number of alkyl halides is 3. The van der Waals surface area contributed by atoms with Crippen LogP contribution in [0.25, 0.3) is 0 Å². The minimum absolute atomic E-state index is 0.0562. The van der Waals surface area contributed by atoms with E-state index in [1.54, 1.807) is 6.07 Å². The van der Waals surface area contributed by atoms with E-state index in [2.05, 4.69) is 5.32 Å². The van der Waals surface area contributed by atoms with Gasteiger partial charge in [-0.2, -0.15) is 13.2 Å². The second-order valence-electron chi connectivity index (χ2n) is 5.03. The molecule has 1 heterocycles. The monoisotopic (exact) mass is 290 g/mol. The lowest BCUT2D eigenvalue weighted by molar-refractivity contribution is -0.182. The number of amides is 1. The molecule has 0 spiro atoms. The van der Waals surface area contributed by atoms with Crippen LogP contribution in [-0.2, 0) is 6.54 Å². The Morgan fingerprint density at radius 2 is 1.95 bits per heavy atom. The van der Waals surface area contributed by atoms with Crippen LogP contribution in [0.15, 0.2) is 16.5 Å². The summed E-state index contributed by atoms with van der Waals surface area (Å²) in [6.07, 6.45) is -3.35. The lowest BCUT2D eigenvalue weighted by Gasteiger charge is -2.30. The maximum Gasteiger partial charge on any atom is 0.391 e. The maximum absolute atomic E-state index is 12.5. The molecule has 0 atom stereocenters. The molecule has 0 unspecified atom stereocenters. The van der Waals surface area contributed by atoms with E-state index in [0.29, 0.717) is 18.6 Å². The van der Waals surface area contributed by atoms with E-state index in [9.17, 15) is 18.0 Å². The zero-order valence-corrected chi connectivity index (χ0v) is 10.9. The van der Waals surface area contributed by atoms with Crippen molar-refractivity contribution in [1.82, 2.24) is 5.32 Å². The van der Waals surface area contributed by atoms with Gasteiger partial charge in [-0.05, 0) is 37.8 Å². The average Bonchev–Trinajstić information content (AvgIpc) is 2.87. The maximum atomic E-state index is 12.5. The normalized spacial score (nSPS) is 23.6. The molecular weight excluding hydrogens is 273 g/mol. The highest BCUT2D eigenvalue weighted by Gasteiger charge is 2.41. The van der Waals surface area contributed by atoms with E-state index >= 15 is 0 Å². The van der Waals surface area contributed by atoms with Gasteiger partial charge >= 0.3 is 6.18 Å². The van der Waals surface area contributed by atoms with Crippen molar-refractivity contribution in [3.8, 4) is 0 Å². The Hall–Kier alpha value is -1.50. The highest BCUT2D eigenvalue weighted by Crippen LogP contribution is 2.37. The summed E-state index contributed by atoms with van der Waals surface area (Å²) in [5.41, 5.74) is 5.37. The average molecular weight is 290 g/mol. The summed E-state index contributed by atoms with van der Waals surface area (Å²) in [5, 5.41) is 2.70. The van der Waals surface area contributed by atoms with E-state index < -0.39 is 18.0 Å². The van der Waals surface area contributed by atoms with Gasteiger partial charge in [-0.3, -0.25) is 4.79 Å².